The van der Waals surface area contributed by atoms with Crippen molar-refractivity contribution in [2.75, 3.05) is 0 Å². The molecular weight excluding hydrogens is 206 g/mol. The molecule has 1 atom stereocenters. The van der Waals surface area contributed by atoms with Gasteiger partial charge in [0.1, 0.15) is 0 Å². The lowest BCUT2D eigenvalue weighted by atomic mass is 9.97. The molecule has 1 unspecified atom stereocenters. The average Bonchev–Trinajstić information content (AvgIpc) is 2.57. The van der Waals surface area contributed by atoms with Gasteiger partial charge in [0, 0.05) is 0 Å². The molecule has 0 aliphatic carbocycles. The molecule has 0 aliphatic rings. The predicted molar refractivity (Wildman–Crippen MR) is 65.8 cm³/mol. The zero-order valence-electron chi connectivity index (χ0n) is 9.04. The average molecular weight is 221 g/mol. The maximum absolute atomic E-state index is 11.2. The van der Waals surface area contributed by atoms with E-state index in [9.17, 15) is 4.79 Å². The van der Waals surface area contributed by atoms with Crippen LogP contribution < -0.4 is 4.87 Å². The molecule has 2 nitrogen and oxygen atoms in total. The van der Waals surface area contributed by atoms with Crippen LogP contribution in [-0.2, 0) is 0 Å². The van der Waals surface area contributed by atoms with E-state index in [-0.39, 0.29) is 4.87 Å². The molecular formula is C12H15NOS. The van der Waals surface area contributed by atoms with Gasteiger partial charge in [-0.25, -0.2) is 0 Å². The molecule has 2 aromatic rings. The van der Waals surface area contributed by atoms with Crippen LogP contribution in [0.4, 0.5) is 0 Å². The first-order valence-corrected chi connectivity index (χ1v) is 6.15. The van der Waals surface area contributed by atoms with Crippen LogP contribution in [0.25, 0.3) is 10.2 Å². The molecule has 1 heterocycles. The molecule has 0 radical (unpaired) electrons. The molecule has 2 rings (SSSR count). The van der Waals surface area contributed by atoms with Crippen molar-refractivity contribution in [2.24, 2.45) is 0 Å². The maximum Gasteiger partial charge on any atom is 0.305 e. The number of fused-ring (bicyclic) bond motifs is 1. The summed E-state index contributed by atoms with van der Waals surface area (Å²) in [6.45, 7) is 4.43. The van der Waals surface area contributed by atoms with Crippen LogP contribution in [0.1, 0.15) is 38.2 Å². The second-order valence-electron chi connectivity index (χ2n) is 3.96. The number of nitrogens with one attached hydrogen (secondary N) is 1. The molecule has 0 fully saturated rings. The quantitative estimate of drug-likeness (QED) is 0.845. The van der Waals surface area contributed by atoms with Crippen molar-refractivity contribution in [3.05, 3.63) is 33.4 Å². The molecule has 1 N–H and O–H groups in total. The Kier molecular flexibility index (Phi) is 2.91. The molecule has 80 valence electrons. The third-order valence-electron chi connectivity index (χ3n) is 2.74. The third-order valence-corrected chi connectivity index (χ3v) is 3.58. The number of thiazole rings is 1. The van der Waals surface area contributed by atoms with Gasteiger partial charge >= 0.3 is 4.87 Å². The highest BCUT2D eigenvalue weighted by Crippen LogP contribution is 2.24. The molecule has 0 amide bonds. The van der Waals surface area contributed by atoms with E-state index < -0.39 is 0 Å². The summed E-state index contributed by atoms with van der Waals surface area (Å²) in [5.41, 5.74) is 2.29. The number of H-pyrrole nitrogens is 1. The first kappa shape index (κ1) is 10.4. The molecule has 3 heteroatoms. The molecule has 15 heavy (non-hydrogen) atoms. The number of hydrogen-bond acceptors (Lipinski definition) is 2. The first-order chi connectivity index (χ1) is 7.20. The fourth-order valence-electron chi connectivity index (χ4n) is 1.87. The Labute approximate surface area is 93.0 Å². The molecule has 0 aliphatic heterocycles. The lowest BCUT2D eigenvalue weighted by Gasteiger charge is -2.09. The van der Waals surface area contributed by atoms with E-state index in [0.29, 0.717) is 5.92 Å². The van der Waals surface area contributed by atoms with Crippen molar-refractivity contribution in [1.29, 1.82) is 0 Å². The summed E-state index contributed by atoms with van der Waals surface area (Å²) in [7, 11) is 0. The lowest BCUT2D eigenvalue weighted by Crippen LogP contribution is -1.92. The van der Waals surface area contributed by atoms with E-state index in [1.165, 1.54) is 29.7 Å². The van der Waals surface area contributed by atoms with Gasteiger partial charge < -0.3 is 4.98 Å². The maximum atomic E-state index is 11.2. The second-order valence-corrected chi connectivity index (χ2v) is 4.97. The zero-order valence-corrected chi connectivity index (χ0v) is 9.86. The van der Waals surface area contributed by atoms with Crippen LogP contribution in [0.2, 0.25) is 0 Å². The number of aromatic nitrogens is 1. The van der Waals surface area contributed by atoms with Crippen molar-refractivity contribution < 1.29 is 0 Å². The smallest absolute Gasteiger partial charge is 0.305 e. The highest BCUT2D eigenvalue weighted by atomic mass is 32.1. The van der Waals surface area contributed by atoms with Crippen LogP contribution in [0.5, 0.6) is 0 Å². The highest BCUT2D eigenvalue weighted by molar-refractivity contribution is 7.16. The van der Waals surface area contributed by atoms with Crippen LogP contribution >= 0.6 is 11.3 Å². The highest BCUT2D eigenvalue weighted by Gasteiger charge is 2.06. The Hall–Kier alpha value is -1.09. The van der Waals surface area contributed by atoms with Gasteiger partial charge in [-0.05, 0) is 30.0 Å². The van der Waals surface area contributed by atoms with Gasteiger partial charge in [0.25, 0.3) is 0 Å². The van der Waals surface area contributed by atoms with E-state index in [1.807, 2.05) is 6.07 Å². The summed E-state index contributed by atoms with van der Waals surface area (Å²) in [5, 5.41) is 0. The van der Waals surface area contributed by atoms with Crippen LogP contribution in [0.3, 0.4) is 0 Å². The molecule has 0 saturated heterocycles. The van der Waals surface area contributed by atoms with Gasteiger partial charge in [0.15, 0.2) is 0 Å². The van der Waals surface area contributed by atoms with E-state index in [4.69, 9.17) is 0 Å². The minimum atomic E-state index is 0.0327. The number of rotatable bonds is 3. The van der Waals surface area contributed by atoms with Crippen molar-refractivity contribution in [1.82, 2.24) is 4.98 Å². The topological polar surface area (TPSA) is 32.9 Å². The fraction of sp³-hybridized carbons (Fsp3) is 0.417. The van der Waals surface area contributed by atoms with Crippen LogP contribution in [0, 0.1) is 0 Å². The summed E-state index contributed by atoms with van der Waals surface area (Å²) in [5.74, 6) is 0.580. The monoisotopic (exact) mass is 221 g/mol. The van der Waals surface area contributed by atoms with E-state index >= 15 is 0 Å². The van der Waals surface area contributed by atoms with E-state index in [1.54, 1.807) is 0 Å². The van der Waals surface area contributed by atoms with Gasteiger partial charge in [-0.2, -0.15) is 0 Å². The van der Waals surface area contributed by atoms with Crippen molar-refractivity contribution in [3.8, 4) is 0 Å². The standard InChI is InChI=1S/C12H15NOS/c1-3-4-8(2)9-5-6-10-11(7-9)15-12(14)13-10/h5-8H,3-4H2,1-2H3,(H,13,14). The zero-order chi connectivity index (χ0) is 10.8. The number of aromatic amines is 1. The Balaban J connectivity index is 2.41. The number of hydrogen-bond donors (Lipinski definition) is 1. The van der Waals surface area contributed by atoms with Gasteiger partial charge in [-0.1, -0.05) is 37.7 Å². The third kappa shape index (κ3) is 2.12. The summed E-state index contributed by atoms with van der Waals surface area (Å²) in [6, 6.07) is 6.26. The normalized spacial score (nSPS) is 13.2. The summed E-state index contributed by atoms with van der Waals surface area (Å²) in [4.78, 5) is 14.0. The van der Waals surface area contributed by atoms with Crippen LogP contribution in [-0.4, -0.2) is 4.98 Å². The fourth-order valence-corrected chi connectivity index (χ4v) is 2.65. The second kappa shape index (κ2) is 4.19. The van der Waals surface area contributed by atoms with Crippen molar-refractivity contribution >= 4 is 21.6 Å². The van der Waals surface area contributed by atoms with Crippen molar-refractivity contribution in [3.63, 3.8) is 0 Å². The largest absolute Gasteiger partial charge is 0.312 e. The molecule has 0 spiro atoms. The Morgan fingerprint density at radius 2 is 2.27 bits per heavy atom. The van der Waals surface area contributed by atoms with Gasteiger partial charge in [-0.15, -0.1) is 0 Å². The van der Waals surface area contributed by atoms with Crippen LogP contribution in [0.15, 0.2) is 23.0 Å². The SMILES string of the molecule is CCCC(C)c1ccc2[nH]c(=O)sc2c1. The van der Waals surface area contributed by atoms with Gasteiger partial charge in [0.2, 0.25) is 0 Å². The number of benzene rings is 1. The Morgan fingerprint density at radius 1 is 1.47 bits per heavy atom. The summed E-state index contributed by atoms with van der Waals surface area (Å²) >= 11 is 1.29. The Morgan fingerprint density at radius 3 is 3.00 bits per heavy atom. The van der Waals surface area contributed by atoms with Gasteiger partial charge in [0.05, 0.1) is 10.2 Å². The van der Waals surface area contributed by atoms with Crippen molar-refractivity contribution in [2.45, 2.75) is 32.6 Å². The Bertz CT molecular complexity index is 512. The molecule has 1 aromatic heterocycles. The minimum absolute atomic E-state index is 0.0327. The first-order valence-electron chi connectivity index (χ1n) is 5.33. The predicted octanol–water partition coefficient (Wildman–Crippen LogP) is 3.49. The van der Waals surface area contributed by atoms with Gasteiger partial charge in [-0.3, -0.25) is 4.79 Å². The van der Waals surface area contributed by atoms with E-state index in [2.05, 4.69) is 31.0 Å². The van der Waals surface area contributed by atoms with E-state index in [0.717, 1.165) is 10.2 Å². The molecule has 0 saturated carbocycles. The summed E-state index contributed by atoms with van der Waals surface area (Å²) < 4.78 is 1.07. The lowest BCUT2D eigenvalue weighted by molar-refractivity contribution is 0.666. The summed E-state index contributed by atoms with van der Waals surface area (Å²) in [6.07, 6.45) is 2.40. The molecule has 0 bridgehead atoms. The molecule has 1 aromatic carbocycles. The minimum Gasteiger partial charge on any atom is -0.312 e.